The molecule has 2 rings (SSSR count). The summed E-state index contributed by atoms with van der Waals surface area (Å²) in [4.78, 5) is 20.9. The number of halogens is 1. The number of hydrogen-bond donors (Lipinski definition) is 0. The molecule has 0 saturated heterocycles. The van der Waals surface area contributed by atoms with Gasteiger partial charge in [-0.3, -0.25) is 14.9 Å². The lowest BCUT2D eigenvalue weighted by molar-refractivity contribution is -0.384. The molecule has 0 spiro atoms. The molecule has 1 heterocycles. The maximum absolute atomic E-state index is 10.9. The number of hydrogen-bond acceptors (Lipinski definition) is 5. The number of non-ortho nitro benzene ring substituents is 1. The normalized spacial score (nSPS) is 10.5. The Morgan fingerprint density at radius 3 is 2.87 bits per heavy atom. The van der Waals surface area contributed by atoms with Crippen LogP contribution in [0.2, 0.25) is 0 Å². The van der Waals surface area contributed by atoms with Gasteiger partial charge < -0.3 is 0 Å². The van der Waals surface area contributed by atoms with Crippen molar-refractivity contribution in [1.29, 1.82) is 0 Å². The van der Waals surface area contributed by atoms with Crippen LogP contribution in [0.4, 0.5) is 5.69 Å². The third-order valence-electron chi connectivity index (χ3n) is 1.85. The maximum atomic E-state index is 10.9. The number of fused-ring (bicyclic) bond motifs is 1. The second-order valence-corrected chi connectivity index (χ2v) is 3.89. The summed E-state index contributed by atoms with van der Waals surface area (Å²) in [6.45, 7) is 0. The fraction of sp³-hybridized carbons (Fsp3) is 0. The molecule has 7 heteroatoms. The zero-order chi connectivity index (χ0) is 11.0. The number of nitrogens with zero attached hydrogens (tertiary/aromatic N) is 2. The van der Waals surface area contributed by atoms with Gasteiger partial charge in [0.15, 0.2) is 0 Å². The summed E-state index contributed by atoms with van der Waals surface area (Å²) in [7, 11) is 0. The van der Waals surface area contributed by atoms with E-state index in [2.05, 4.69) is 4.37 Å². The molecule has 1 aromatic carbocycles. The van der Waals surface area contributed by atoms with Crippen molar-refractivity contribution >= 4 is 44.1 Å². The highest BCUT2D eigenvalue weighted by molar-refractivity contribution is 7.13. The van der Waals surface area contributed by atoms with Gasteiger partial charge in [-0.05, 0) is 29.2 Å². The second kappa shape index (κ2) is 3.56. The number of nitro groups is 1. The van der Waals surface area contributed by atoms with E-state index in [0.29, 0.717) is 10.1 Å². The highest BCUT2D eigenvalue weighted by Gasteiger charge is 2.15. The lowest BCUT2D eigenvalue weighted by Gasteiger charge is -1.91. The number of carbonyl (C=O) groups excluding carboxylic acids is 1. The predicted octanol–water partition coefficient (Wildman–Crippen LogP) is 2.58. The highest BCUT2D eigenvalue weighted by Crippen LogP contribution is 2.27. The zero-order valence-corrected chi connectivity index (χ0v) is 8.71. The fourth-order valence-corrected chi connectivity index (χ4v) is 2.13. The van der Waals surface area contributed by atoms with Crippen LogP contribution in [0.25, 0.3) is 10.1 Å². The number of carbonyl (C=O) groups is 1. The van der Waals surface area contributed by atoms with E-state index in [-0.39, 0.29) is 11.4 Å². The lowest BCUT2D eigenvalue weighted by atomic mass is 10.2. The standard InChI is InChI=1S/C8H3ClN2O3S/c9-8(12)7-5-3-4(11(13)14)1-2-6(5)15-10-7/h1-3H. The zero-order valence-electron chi connectivity index (χ0n) is 7.14. The van der Waals surface area contributed by atoms with E-state index < -0.39 is 10.2 Å². The van der Waals surface area contributed by atoms with E-state index in [0.717, 1.165) is 11.5 Å². The second-order valence-electron chi connectivity index (χ2n) is 2.74. The Labute approximate surface area is 92.6 Å². The molecular weight excluding hydrogens is 240 g/mol. The third kappa shape index (κ3) is 1.69. The molecule has 0 saturated carbocycles. The average Bonchev–Trinajstić information content (AvgIpc) is 2.59. The average molecular weight is 243 g/mol. The summed E-state index contributed by atoms with van der Waals surface area (Å²) in [6, 6.07) is 4.21. The monoisotopic (exact) mass is 242 g/mol. The van der Waals surface area contributed by atoms with Crippen molar-refractivity contribution in [3.05, 3.63) is 34.0 Å². The Balaban J connectivity index is 2.72. The number of rotatable bonds is 2. The molecule has 1 aromatic heterocycles. The largest absolute Gasteiger partial charge is 0.274 e. The minimum absolute atomic E-state index is 0.0698. The van der Waals surface area contributed by atoms with Gasteiger partial charge in [0.2, 0.25) is 0 Å². The molecule has 76 valence electrons. The molecular formula is C8H3ClN2O3S. The molecule has 15 heavy (non-hydrogen) atoms. The molecule has 0 amide bonds. The molecule has 2 aromatic rings. The van der Waals surface area contributed by atoms with E-state index in [1.54, 1.807) is 6.07 Å². The van der Waals surface area contributed by atoms with Gasteiger partial charge in [0.1, 0.15) is 5.69 Å². The topological polar surface area (TPSA) is 73.1 Å². The van der Waals surface area contributed by atoms with Gasteiger partial charge in [-0.25, -0.2) is 0 Å². The summed E-state index contributed by atoms with van der Waals surface area (Å²) in [5.41, 5.74) is -0.0118. The molecule has 0 atom stereocenters. The van der Waals surface area contributed by atoms with Crippen molar-refractivity contribution in [2.24, 2.45) is 0 Å². The first-order valence-corrected chi connectivity index (χ1v) is 4.98. The molecule has 0 N–H and O–H groups in total. The summed E-state index contributed by atoms with van der Waals surface area (Å²) < 4.78 is 4.53. The van der Waals surface area contributed by atoms with E-state index in [4.69, 9.17) is 11.6 Å². The molecule has 5 nitrogen and oxygen atoms in total. The Morgan fingerprint density at radius 2 is 2.27 bits per heavy atom. The summed E-state index contributed by atoms with van der Waals surface area (Å²) in [6.07, 6.45) is 0. The SMILES string of the molecule is O=C(Cl)c1nsc2ccc([N+](=O)[O-])cc12. The van der Waals surface area contributed by atoms with Gasteiger partial charge in [0.05, 0.1) is 9.62 Å². The Kier molecular flexibility index (Phi) is 2.37. The third-order valence-corrected chi connectivity index (χ3v) is 2.86. The number of aromatic nitrogens is 1. The Bertz CT molecular complexity index is 566. The van der Waals surface area contributed by atoms with Crippen molar-refractivity contribution in [2.75, 3.05) is 0 Å². The first kappa shape index (κ1) is 10.0. The van der Waals surface area contributed by atoms with E-state index in [9.17, 15) is 14.9 Å². The minimum atomic E-state index is -0.707. The predicted molar refractivity (Wildman–Crippen MR) is 56.5 cm³/mol. The van der Waals surface area contributed by atoms with Crippen LogP contribution >= 0.6 is 23.1 Å². The van der Waals surface area contributed by atoms with Crippen LogP contribution in [0, 0.1) is 10.1 Å². The molecule has 0 aliphatic carbocycles. The first-order chi connectivity index (χ1) is 7.09. The van der Waals surface area contributed by atoms with Crippen LogP contribution in [-0.2, 0) is 0 Å². The van der Waals surface area contributed by atoms with Gasteiger partial charge in [-0.15, -0.1) is 0 Å². The number of nitro benzene ring substituents is 1. The van der Waals surface area contributed by atoms with Crippen LogP contribution < -0.4 is 0 Å². The Morgan fingerprint density at radius 1 is 1.53 bits per heavy atom. The minimum Gasteiger partial charge on any atom is -0.274 e. The summed E-state index contributed by atoms with van der Waals surface area (Å²) in [5.74, 6) is 0. The van der Waals surface area contributed by atoms with Crippen molar-refractivity contribution in [2.45, 2.75) is 0 Å². The van der Waals surface area contributed by atoms with E-state index in [1.807, 2.05) is 0 Å². The Hall–Kier alpha value is -1.53. The summed E-state index contributed by atoms with van der Waals surface area (Å²) >= 11 is 6.38. The molecule has 0 aliphatic rings. The van der Waals surface area contributed by atoms with Crippen LogP contribution in [0.3, 0.4) is 0 Å². The molecule has 0 aliphatic heterocycles. The van der Waals surface area contributed by atoms with E-state index >= 15 is 0 Å². The van der Waals surface area contributed by atoms with E-state index in [1.165, 1.54) is 12.1 Å². The fourth-order valence-electron chi connectivity index (χ4n) is 1.18. The smallest absolute Gasteiger partial charge is 0.272 e. The molecule has 0 bridgehead atoms. The van der Waals surface area contributed by atoms with Crippen LogP contribution in [0.5, 0.6) is 0 Å². The van der Waals surface area contributed by atoms with Crippen molar-refractivity contribution < 1.29 is 9.72 Å². The molecule has 0 fully saturated rings. The van der Waals surface area contributed by atoms with Gasteiger partial charge >= 0.3 is 0 Å². The molecule has 0 radical (unpaired) electrons. The van der Waals surface area contributed by atoms with Crippen LogP contribution in [-0.4, -0.2) is 14.5 Å². The maximum Gasteiger partial charge on any atom is 0.272 e. The van der Waals surface area contributed by atoms with Crippen LogP contribution in [0.1, 0.15) is 10.5 Å². The quantitative estimate of drug-likeness (QED) is 0.461. The van der Waals surface area contributed by atoms with Gasteiger partial charge in [0, 0.05) is 17.5 Å². The van der Waals surface area contributed by atoms with Gasteiger partial charge in [0.25, 0.3) is 10.9 Å². The van der Waals surface area contributed by atoms with Gasteiger partial charge in [-0.2, -0.15) is 4.37 Å². The van der Waals surface area contributed by atoms with Crippen molar-refractivity contribution in [3.63, 3.8) is 0 Å². The lowest BCUT2D eigenvalue weighted by Crippen LogP contribution is -1.90. The summed E-state index contributed by atoms with van der Waals surface area (Å²) in [5, 5.41) is 10.2. The molecule has 0 unspecified atom stereocenters. The number of benzene rings is 1. The van der Waals surface area contributed by atoms with Crippen LogP contribution in [0.15, 0.2) is 18.2 Å². The van der Waals surface area contributed by atoms with Crippen molar-refractivity contribution in [3.8, 4) is 0 Å². The highest BCUT2D eigenvalue weighted by atomic mass is 35.5. The van der Waals surface area contributed by atoms with Crippen molar-refractivity contribution in [1.82, 2.24) is 4.37 Å². The first-order valence-electron chi connectivity index (χ1n) is 3.83. The van der Waals surface area contributed by atoms with Gasteiger partial charge in [-0.1, -0.05) is 0 Å².